The number of esters is 1. The number of aromatic nitrogens is 1. The Bertz CT molecular complexity index is 529. The molecule has 1 aromatic rings. The molecule has 0 saturated carbocycles. The Morgan fingerprint density at radius 1 is 1.35 bits per heavy atom. The molecular formula is C15H17NO4. The Kier molecular flexibility index (Phi) is 3.54. The predicted molar refractivity (Wildman–Crippen MR) is 72.0 cm³/mol. The van der Waals surface area contributed by atoms with E-state index < -0.39 is 5.79 Å². The molecular weight excluding hydrogens is 258 g/mol. The summed E-state index contributed by atoms with van der Waals surface area (Å²) in [6, 6.07) is 3.59. The highest BCUT2D eigenvalue weighted by Gasteiger charge is 2.37. The third-order valence-corrected chi connectivity index (χ3v) is 3.76. The summed E-state index contributed by atoms with van der Waals surface area (Å²) in [6.45, 7) is 1.35. The molecule has 106 valence electrons. The fourth-order valence-corrected chi connectivity index (χ4v) is 2.62. The van der Waals surface area contributed by atoms with Gasteiger partial charge in [0.25, 0.3) is 0 Å². The van der Waals surface area contributed by atoms with Crippen LogP contribution in [0.25, 0.3) is 5.57 Å². The van der Waals surface area contributed by atoms with Crippen LogP contribution in [-0.4, -0.2) is 37.1 Å². The molecule has 1 aliphatic heterocycles. The Hall–Kier alpha value is -1.72. The maximum absolute atomic E-state index is 11.4. The number of allylic oxidation sites excluding steroid dienone is 1. The summed E-state index contributed by atoms with van der Waals surface area (Å²) in [6.07, 6.45) is 6.14. The monoisotopic (exact) mass is 275 g/mol. The molecule has 1 fully saturated rings. The van der Waals surface area contributed by atoms with Crippen molar-refractivity contribution < 1.29 is 19.0 Å². The van der Waals surface area contributed by atoms with Crippen LogP contribution in [0.2, 0.25) is 0 Å². The number of ether oxygens (including phenoxy) is 3. The summed E-state index contributed by atoms with van der Waals surface area (Å²) in [5.41, 5.74) is 2.53. The van der Waals surface area contributed by atoms with Crippen LogP contribution in [0.15, 0.2) is 24.4 Å². The van der Waals surface area contributed by atoms with Gasteiger partial charge in [-0.05, 0) is 24.1 Å². The van der Waals surface area contributed by atoms with Crippen LogP contribution >= 0.6 is 0 Å². The second-order valence-corrected chi connectivity index (χ2v) is 4.96. The number of hydrogen-bond donors (Lipinski definition) is 0. The standard InChI is InChI=1S/C15H17NO4/c1-18-14(17)12-2-3-13(16-10-12)11-4-6-15(7-5-11)19-8-9-20-15/h2-4,10H,5-9H2,1H3. The Morgan fingerprint density at radius 2 is 2.15 bits per heavy atom. The maximum Gasteiger partial charge on any atom is 0.339 e. The molecule has 0 unspecified atom stereocenters. The molecule has 0 radical (unpaired) electrons. The van der Waals surface area contributed by atoms with E-state index in [1.54, 1.807) is 12.3 Å². The number of pyridine rings is 1. The number of nitrogens with zero attached hydrogens (tertiary/aromatic N) is 1. The summed E-state index contributed by atoms with van der Waals surface area (Å²) >= 11 is 0. The van der Waals surface area contributed by atoms with Gasteiger partial charge in [0.15, 0.2) is 5.79 Å². The van der Waals surface area contributed by atoms with Crippen LogP contribution < -0.4 is 0 Å². The second-order valence-electron chi connectivity index (χ2n) is 4.96. The quantitative estimate of drug-likeness (QED) is 0.774. The van der Waals surface area contributed by atoms with Gasteiger partial charge in [0.2, 0.25) is 0 Å². The molecule has 0 N–H and O–H groups in total. The fourth-order valence-electron chi connectivity index (χ4n) is 2.62. The molecule has 5 nitrogen and oxygen atoms in total. The number of rotatable bonds is 2. The van der Waals surface area contributed by atoms with Gasteiger partial charge in [0, 0.05) is 19.0 Å². The van der Waals surface area contributed by atoms with Gasteiger partial charge in [0.05, 0.1) is 31.6 Å². The zero-order valence-electron chi connectivity index (χ0n) is 11.4. The van der Waals surface area contributed by atoms with Crippen molar-refractivity contribution in [3.8, 4) is 0 Å². The van der Waals surface area contributed by atoms with Gasteiger partial charge < -0.3 is 14.2 Å². The SMILES string of the molecule is COC(=O)c1ccc(C2=CCC3(CC2)OCCO3)nc1. The van der Waals surface area contributed by atoms with Crippen LogP contribution in [-0.2, 0) is 14.2 Å². The molecule has 0 atom stereocenters. The Labute approximate surface area is 117 Å². The van der Waals surface area contributed by atoms with Crippen LogP contribution in [0.3, 0.4) is 0 Å². The molecule has 0 aromatic carbocycles. The van der Waals surface area contributed by atoms with E-state index in [4.69, 9.17) is 9.47 Å². The number of methoxy groups -OCH3 is 1. The predicted octanol–water partition coefficient (Wildman–Crippen LogP) is 2.18. The number of carbonyl (C=O) groups excluding carboxylic acids is 1. The van der Waals surface area contributed by atoms with E-state index in [1.165, 1.54) is 12.7 Å². The Morgan fingerprint density at radius 3 is 2.70 bits per heavy atom. The molecule has 1 aromatic heterocycles. The minimum absolute atomic E-state index is 0.367. The van der Waals surface area contributed by atoms with Crippen molar-refractivity contribution in [3.05, 3.63) is 35.7 Å². The second kappa shape index (κ2) is 5.34. The van der Waals surface area contributed by atoms with Crippen LogP contribution in [0, 0.1) is 0 Å². The van der Waals surface area contributed by atoms with E-state index in [-0.39, 0.29) is 5.97 Å². The number of carbonyl (C=O) groups is 1. The van der Waals surface area contributed by atoms with Crippen molar-refractivity contribution in [1.29, 1.82) is 0 Å². The van der Waals surface area contributed by atoms with Crippen molar-refractivity contribution in [2.75, 3.05) is 20.3 Å². The van der Waals surface area contributed by atoms with Crippen molar-refractivity contribution in [1.82, 2.24) is 4.98 Å². The third-order valence-electron chi connectivity index (χ3n) is 3.76. The molecule has 20 heavy (non-hydrogen) atoms. The van der Waals surface area contributed by atoms with Gasteiger partial charge >= 0.3 is 5.97 Å². The van der Waals surface area contributed by atoms with Crippen molar-refractivity contribution >= 4 is 11.5 Å². The highest BCUT2D eigenvalue weighted by atomic mass is 16.7. The summed E-state index contributed by atoms with van der Waals surface area (Å²) in [5, 5.41) is 0. The molecule has 3 rings (SSSR count). The lowest BCUT2D eigenvalue weighted by molar-refractivity contribution is -0.159. The van der Waals surface area contributed by atoms with E-state index in [0.29, 0.717) is 18.8 Å². The first-order valence-electron chi connectivity index (χ1n) is 6.74. The topological polar surface area (TPSA) is 57.7 Å². The average molecular weight is 275 g/mol. The van der Waals surface area contributed by atoms with Gasteiger partial charge in [-0.1, -0.05) is 6.08 Å². The largest absolute Gasteiger partial charge is 0.465 e. The summed E-state index contributed by atoms with van der Waals surface area (Å²) in [4.78, 5) is 15.7. The molecule has 2 aliphatic rings. The van der Waals surface area contributed by atoms with E-state index in [9.17, 15) is 4.79 Å². The summed E-state index contributed by atoms with van der Waals surface area (Å²) in [7, 11) is 1.36. The van der Waals surface area contributed by atoms with Gasteiger partial charge in [-0.15, -0.1) is 0 Å². The van der Waals surface area contributed by atoms with Gasteiger partial charge in [-0.25, -0.2) is 4.79 Å². The molecule has 1 saturated heterocycles. The minimum atomic E-state index is -0.407. The van der Waals surface area contributed by atoms with Crippen LogP contribution in [0.4, 0.5) is 0 Å². The molecule has 1 aliphatic carbocycles. The van der Waals surface area contributed by atoms with Crippen molar-refractivity contribution in [3.63, 3.8) is 0 Å². The van der Waals surface area contributed by atoms with E-state index in [2.05, 4.69) is 15.8 Å². The number of hydrogen-bond acceptors (Lipinski definition) is 5. The maximum atomic E-state index is 11.4. The lowest BCUT2D eigenvalue weighted by Gasteiger charge is -2.30. The van der Waals surface area contributed by atoms with Gasteiger partial charge in [-0.2, -0.15) is 0 Å². The lowest BCUT2D eigenvalue weighted by atomic mass is 9.92. The molecule has 1 spiro atoms. The molecule has 5 heteroatoms. The van der Waals surface area contributed by atoms with Crippen molar-refractivity contribution in [2.45, 2.75) is 25.0 Å². The van der Waals surface area contributed by atoms with Gasteiger partial charge in [-0.3, -0.25) is 4.98 Å². The fraction of sp³-hybridized carbons (Fsp3) is 0.467. The normalized spacial score (nSPS) is 20.8. The zero-order chi connectivity index (χ0) is 14.0. The smallest absolute Gasteiger partial charge is 0.339 e. The zero-order valence-corrected chi connectivity index (χ0v) is 11.4. The van der Waals surface area contributed by atoms with Crippen LogP contribution in [0.1, 0.15) is 35.3 Å². The van der Waals surface area contributed by atoms with E-state index >= 15 is 0 Å². The van der Waals surface area contributed by atoms with Crippen molar-refractivity contribution in [2.24, 2.45) is 0 Å². The first-order chi connectivity index (χ1) is 9.72. The summed E-state index contributed by atoms with van der Waals surface area (Å²) in [5.74, 6) is -0.775. The lowest BCUT2D eigenvalue weighted by Crippen LogP contribution is -2.31. The van der Waals surface area contributed by atoms with Gasteiger partial charge in [0.1, 0.15) is 0 Å². The first-order valence-corrected chi connectivity index (χ1v) is 6.74. The summed E-state index contributed by atoms with van der Waals surface area (Å²) < 4.78 is 16.0. The minimum Gasteiger partial charge on any atom is -0.465 e. The van der Waals surface area contributed by atoms with Crippen LogP contribution in [0.5, 0.6) is 0 Å². The van der Waals surface area contributed by atoms with E-state index in [1.807, 2.05) is 6.07 Å². The highest BCUT2D eigenvalue weighted by Crippen LogP contribution is 2.37. The molecule has 0 amide bonds. The molecule has 2 heterocycles. The molecule has 0 bridgehead atoms. The van der Waals surface area contributed by atoms with E-state index in [0.717, 1.165) is 25.0 Å². The highest BCUT2D eigenvalue weighted by molar-refractivity contribution is 5.89. The Balaban J connectivity index is 1.74. The average Bonchev–Trinajstić information content (AvgIpc) is 2.96. The third kappa shape index (κ3) is 2.46. The first kappa shape index (κ1) is 13.3.